The summed E-state index contributed by atoms with van der Waals surface area (Å²) < 4.78 is 66.2. The molecule has 0 aromatic rings. The molecule has 0 aromatic heterocycles. The molecule has 1 unspecified atom stereocenters. The molecule has 1 atom stereocenters. The monoisotopic (exact) mass is 194 g/mol. The second kappa shape index (κ2) is 4.21. The molecule has 12 heavy (non-hydrogen) atoms. The quantitative estimate of drug-likeness (QED) is 0.497. The highest BCUT2D eigenvalue weighted by atomic mass is 19.4. The van der Waals surface area contributed by atoms with Gasteiger partial charge in [0.15, 0.2) is 0 Å². The van der Waals surface area contributed by atoms with Gasteiger partial charge in [-0.3, -0.25) is 0 Å². The Bertz CT molecular complexity index is 128. The predicted octanol–water partition coefficient (Wildman–Crippen LogP) is 1.72. The molecule has 0 aliphatic heterocycles. The van der Waals surface area contributed by atoms with Gasteiger partial charge in [-0.1, -0.05) is 0 Å². The van der Waals surface area contributed by atoms with Crippen molar-refractivity contribution in [3.63, 3.8) is 0 Å². The van der Waals surface area contributed by atoms with Gasteiger partial charge < -0.3 is 5.11 Å². The van der Waals surface area contributed by atoms with Crippen molar-refractivity contribution >= 4 is 0 Å². The van der Waals surface area contributed by atoms with E-state index in [-0.39, 0.29) is 0 Å². The van der Waals surface area contributed by atoms with E-state index in [1.807, 2.05) is 0 Å². The summed E-state index contributed by atoms with van der Waals surface area (Å²) in [4.78, 5) is 0. The van der Waals surface area contributed by atoms with Crippen molar-refractivity contribution in [3.8, 4) is 12.8 Å². The number of terminal acetylenes is 1. The van der Waals surface area contributed by atoms with E-state index >= 15 is 0 Å². The van der Waals surface area contributed by atoms with Gasteiger partial charge in [-0.05, 0) is 0 Å². The van der Waals surface area contributed by atoms with Gasteiger partial charge in [0.25, 0.3) is 6.17 Å². The molecule has 0 heterocycles. The molecule has 72 valence electrons. The fraction of sp³-hybridized carbons (Fsp3) is 0.600. The Morgan fingerprint density at radius 3 is 1.25 bits per heavy atom. The molecule has 1 N–H and O–H groups in total. The van der Waals surface area contributed by atoms with Crippen LogP contribution in [0.4, 0.5) is 26.3 Å². The molecule has 0 aromatic carbocycles. The molecule has 0 aliphatic carbocycles. The van der Waals surface area contributed by atoms with Crippen LogP contribution in [0.5, 0.6) is 0 Å². The van der Waals surface area contributed by atoms with Crippen molar-refractivity contribution in [2.45, 2.75) is 18.5 Å². The van der Waals surface area contributed by atoms with Crippen LogP contribution in [-0.4, -0.2) is 23.6 Å². The molecule has 0 saturated carbocycles. The number of hydrogen-bond donors (Lipinski definition) is 1. The van der Waals surface area contributed by atoms with E-state index in [1.54, 1.807) is 0 Å². The van der Waals surface area contributed by atoms with Gasteiger partial charge in [0.2, 0.25) is 0 Å². The highest BCUT2D eigenvalue weighted by Gasteiger charge is 2.56. The van der Waals surface area contributed by atoms with E-state index in [2.05, 4.69) is 12.8 Å². The summed E-state index contributed by atoms with van der Waals surface area (Å²) >= 11 is 0. The first-order chi connectivity index (χ1) is 5.15. The van der Waals surface area contributed by atoms with E-state index < -0.39 is 18.5 Å². The Balaban J connectivity index is 0. The maximum atomic E-state index is 11.3. The second-order valence-corrected chi connectivity index (χ2v) is 1.49. The zero-order valence-corrected chi connectivity index (χ0v) is 5.45. The van der Waals surface area contributed by atoms with Crippen molar-refractivity contribution in [1.82, 2.24) is 0 Å². The van der Waals surface area contributed by atoms with Gasteiger partial charge in [0.05, 0.1) is 0 Å². The number of halogens is 6. The van der Waals surface area contributed by atoms with E-state index in [1.165, 1.54) is 0 Å². The van der Waals surface area contributed by atoms with Crippen LogP contribution in [-0.2, 0) is 0 Å². The average Bonchev–Trinajstić information content (AvgIpc) is 1.87. The van der Waals surface area contributed by atoms with Gasteiger partial charge in [-0.15, -0.1) is 12.8 Å². The zero-order valence-electron chi connectivity index (χ0n) is 5.45. The second-order valence-electron chi connectivity index (χ2n) is 1.49. The van der Waals surface area contributed by atoms with Gasteiger partial charge in [0.1, 0.15) is 0 Å². The molecule has 0 bridgehead atoms. The number of alkyl halides is 6. The fourth-order valence-electron chi connectivity index (χ4n) is 0.197. The van der Waals surface area contributed by atoms with Crippen LogP contribution in [0.25, 0.3) is 0 Å². The standard InChI is InChI=1S/C3H2F6O.C2H2/c4-1(2(5,6)7)3(8,9)10;1-2/h1,10H;1-2H. The molecule has 0 saturated heterocycles. The first-order valence-corrected chi connectivity index (χ1v) is 2.30. The van der Waals surface area contributed by atoms with Crippen LogP contribution in [0.1, 0.15) is 0 Å². The first-order valence-electron chi connectivity index (χ1n) is 2.30. The zero-order chi connectivity index (χ0) is 10.6. The Kier molecular flexibility index (Phi) is 4.79. The molecular formula is C5H4F6O. The molecule has 0 rings (SSSR count). The van der Waals surface area contributed by atoms with Crippen LogP contribution < -0.4 is 0 Å². The normalized spacial score (nSPS) is 14.4. The lowest BCUT2D eigenvalue weighted by atomic mass is 10.3. The molecule has 0 radical (unpaired) electrons. The Labute approximate surface area is 64.0 Å². The maximum Gasteiger partial charge on any atom is 0.428 e. The van der Waals surface area contributed by atoms with Crippen LogP contribution in [0.15, 0.2) is 0 Å². The largest absolute Gasteiger partial charge is 0.428 e. The average molecular weight is 194 g/mol. The van der Waals surface area contributed by atoms with Gasteiger partial charge in [0, 0.05) is 0 Å². The molecule has 0 amide bonds. The number of rotatable bonds is 1. The summed E-state index contributed by atoms with van der Waals surface area (Å²) in [7, 11) is 0. The third kappa shape index (κ3) is 4.85. The summed E-state index contributed by atoms with van der Waals surface area (Å²) in [6.45, 7) is 0. The van der Waals surface area contributed by atoms with E-state index in [9.17, 15) is 26.3 Å². The van der Waals surface area contributed by atoms with Crippen molar-refractivity contribution in [3.05, 3.63) is 0 Å². The summed E-state index contributed by atoms with van der Waals surface area (Å²) in [5.41, 5.74) is 0. The Morgan fingerprint density at radius 2 is 1.25 bits per heavy atom. The predicted molar refractivity (Wildman–Crippen MR) is 28.0 cm³/mol. The summed E-state index contributed by atoms with van der Waals surface area (Å²) in [6.07, 6.45) is -7.59. The van der Waals surface area contributed by atoms with Crippen LogP contribution in [0, 0.1) is 12.8 Å². The summed E-state index contributed by atoms with van der Waals surface area (Å²) in [5.74, 6) is 0. The van der Waals surface area contributed by atoms with Crippen molar-refractivity contribution in [2.24, 2.45) is 0 Å². The Morgan fingerprint density at radius 1 is 1.00 bits per heavy atom. The highest BCUT2D eigenvalue weighted by molar-refractivity contribution is 4.72. The number of aliphatic hydroxyl groups is 1. The van der Waals surface area contributed by atoms with E-state index in [4.69, 9.17) is 5.11 Å². The van der Waals surface area contributed by atoms with Crippen molar-refractivity contribution in [2.75, 3.05) is 0 Å². The minimum absolute atomic E-state index is 4.00. The van der Waals surface area contributed by atoms with Gasteiger partial charge in [-0.25, -0.2) is 4.39 Å². The third-order valence-corrected chi connectivity index (χ3v) is 0.592. The molecular weight excluding hydrogens is 190 g/mol. The third-order valence-electron chi connectivity index (χ3n) is 0.592. The lowest BCUT2D eigenvalue weighted by Gasteiger charge is -2.16. The van der Waals surface area contributed by atoms with Crippen molar-refractivity contribution < 1.29 is 31.4 Å². The molecule has 0 spiro atoms. The first kappa shape index (κ1) is 13.7. The van der Waals surface area contributed by atoms with Crippen molar-refractivity contribution in [1.29, 1.82) is 0 Å². The SMILES string of the molecule is C#C.OC(F)(F)C(F)C(F)(F)F. The molecule has 0 aliphatic rings. The van der Waals surface area contributed by atoms with Crippen LogP contribution in [0.2, 0.25) is 0 Å². The summed E-state index contributed by atoms with van der Waals surface area (Å²) in [5, 5.41) is 7.19. The smallest absolute Gasteiger partial charge is 0.334 e. The molecule has 7 heteroatoms. The highest BCUT2D eigenvalue weighted by Crippen LogP contribution is 2.32. The minimum Gasteiger partial charge on any atom is -0.334 e. The van der Waals surface area contributed by atoms with Gasteiger partial charge in [-0.2, -0.15) is 22.0 Å². The molecule has 1 nitrogen and oxygen atoms in total. The minimum atomic E-state index is -5.72. The van der Waals surface area contributed by atoms with Crippen LogP contribution >= 0.6 is 0 Å². The molecule has 0 fully saturated rings. The topological polar surface area (TPSA) is 20.2 Å². The Hall–Kier alpha value is -0.900. The lowest BCUT2D eigenvalue weighted by molar-refractivity contribution is -0.317. The summed E-state index contributed by atoms with van der Waals surface area (Å²) in [6, 6.07) is 0. The maximum absolute atomic E-state index is 11.3. The lowest BCUT2D eigenvalue weighted by Crippen LogP contribution is -2.41. The van der Waals surface area contributed by atoms with E-state index in [0.29, 0.717) is 0 Å². The van der Waals surface area contributed by atoms with Gasteiger partial charge >= 0.3 is 12.3 Å². The van der Waals surface area contributed by atoms with Crippen LogP contribution in [0.3, 0.4) is 0 Å². The fourth-order valence-corrected chi connectivity index (χ4v) is 0.197. The van der Waals surface area contributed by atoms with E-state index in [0.717, 1.165) is 0 Å². The number of hydrogen-bond acceptors (Lipinski definition) is 1.